The van der Waals surface area contributed by atoms with Crippen molar-refractivity contribution >= 4 is 22.7 Å². The van der Waals surface area contributed by atoms with E-state index in [0.29, 0.717) is 11.3 Å². The minimum atomic E-state index is -0.139. The second-order valence-corrected chi connectivity index (χ2v) is 6.38. The van der Waals surface area contributed by atoms with Gasteiger partial charge in [-0.25, -0.2) is 19.3 Å². The van der Waals surface area contributed by atoms with Crippen LogP contribution in [0.5, 0.6) is 0 Å². The fourth-order valence-corrected chi connectivity index (χ4v) is 3.33. The highest BCUT2D eigenvalue weighted by atomic mass is 19.1. The number of hydrogen-bond acceptors (Lipinski definition) is 6. The Labute approximate surface area is 151 Å². The van der Waals surface area contributed by atoms with Gasteiger partial charge in [-0.1, -0.05) is 12.1 Å². The maximum atomic E-state index is 13.9. The van der Waals surface area contributed by atoms with E-state index in [2.05, 4.69) is 35.1 Å². The zero-order valence-electron chi connectivity index (χ0n) is 14.5. The molecule has 0 spiro atoms. The Morgan fingerprint density at radius 2 is 1.92 bits per heavy atom. The molecule has 4 rings (SSSR count). The summed E-state index contributed by atoms with van der Waals surface area (Å²) >= 11 is 0. The summed E-state index contributed by atoms with van der Waals surface area (Å²) < 4.78 is 13.9. The van der Waals surface area contributed by atoms with E-state index < -0.39 is 0 Å². The molecule has 2 N–H and O–H groups in total. The number of aromatic amines is 1. The first-order valence-electron chi connectivity index (χ1n) is 8.91. The van der Waals surface area contributed by atoms with Crippen LogP contribution in [0.3, 0.4) is 0 Å². The van der Waals surface area contributed by atoms with Crippen molar-refractivity contribution in [2.45, 2.75) is 6.42 Å². The molecule has 0 aliphatic carbocycles. The zero-order valence-corrected chi connectivity index (χ0v) is 14.5. The Kier molecular flexibility index (Phi) is 4.92. The summed E-state index contributed by atoms with van der Waals surface area (Å²) in [6.07, 6.45) is 4.16. The summed E-state index contributed by atoms with van der Waals surface area (Å²) in [5, 5.41) is 3.35. The number of nitrogens with zero attached hydrogens (tertiary/aromatic N) is 5. The summed E-state index contributed by atoms with van der Waals surface area (Å²) in [5.41, 5.74) is 2.22. The lowest BCUT2D eigenvalue weighted by molar-refractivity contribution is 0.256. The number of aromatic nitrogens is 4. The summed E-state index contributed by atoms with van der Waals surface area (Å²) in [7, 11) is 0. The predicted molar refractivity (Wildman–Crippen MR) is 99.8 cm³/mol. The largest absolute Gasteiger partial charge is 0.368 e. The van der Waals surface area contributed by atoms with Gasteiger partial charge in [-0.3, -0.25) is 4.90 Å². The molecule has 1 saturated heterocycles. The van der Waals surface area contributed by atoms with E-state index in [-0.39, 0.29) is 5.82 Å². The van der Waals surface area contributed by atoms with Crippen molar-refractivity contribution in [1.29, 1.82) is 0 Å². The normalized spacial score (nSPS) is 15.5. The topological polar surface area (TPSA) is 73.0 Å². The summed E-state index contributed by atoms with van der Waals surface area (Å²) in [6.45, 7) is 5.46. The van der Waals surface area contributed by atoms with E-state index in [1.807, 2.05) is 12.1 Å². The quantitative estimate of drug-likeness (QED) is 0.660. The van der Waals surface area contributed by atoms with Crippen molar-refractivity contribution in [2.24, 2.45) is 0 Å². The number of halogens is 1. The summed E-state index contributed by atoms with van der Waals surface area (Å²) in [5.74, 6) is 0.650. The fourth-order valence-electron chi connectivity index (χ4n) is 3.33. The molecule has 1 aromatic carbocycles. The van der Waals surface area contributed by atoms with Gasteiger partial charge < -0.3 is 15.2 Å². The van der Waals surface area contributed by atoms with Gasteiger partial charge in [0, 0.05) is 32.7 Å². The van der Waals surface area contributed by atoms with Gasteiger partial charge in [0.25, 0.3) is 0 Å². The first-order chi connectivity index (χ1) is 12.8. The van der Waals surface area contributed by atoms with Crippen LogP contribution in [0.25, 0.3) is 11.2 Å². The molecule has 136 valence electrons. The maximum Gasteiger partial charge on any atom is 0.182 e. The average molecular weight is 355 g/mol. The first kappa shape index (κ1) is 16.7. The second-order valence-electron chi connectivity index (χ2n) is 6.38. The van der Waals surface area contributed by atoms with Crippen LogP contribution in [0.15, 0.2) is 36.9 Å². The fraction of sp³-hybridized carbons (Fsp3) is 0.389. The number of hydrogen-bond donors (Lipinski definition) is 2. The van der Waals surface area contributed by atoms with Gasteiger partial charge in [0.1, 0.15) is 17.7 Å². The molecule has 26 heavy (non-hydrogen) atoms. The molecule has 8 heteroatoms. The standard InChI is InChI=1S/C18H22FN7/c19-14-4-1-2-5-15(14)26-10-8-25(9-11-26)7-3-6-20-17-16-18(22-12-21-16)24-13-23-17/h1-2,4-5,12-13H,3,6-11H2,(H2,20,21,22,23,24). The number of fused-ring (bicyclic) bond motifs is 1. The van der Waals surface area contributed by atoms with Gasteiger partial charge >= 0.3 is 0 Å². The van der Waals surface area contributed by atoms with Crippen molar-refractivity contribution in [2.75, 3.05) is 49.5 Å². The molecular formula is C18H22FN7. The van der Waals surface area contributed by atoms with Gasteiger partial charge in [0.05, 0.1) is 12.0 Å². The molecule has 2 aromatic heterocycles. The minimum Gasteiger partial charge on any atom is -0.368 e. The molecule has 7 nitrogen and oxygen atoms in total. The van der Waals surface area contributed by atoms with Crippen LogP contribution >= 0.6 is 0 Å². The van der Waals surface area contributed by atoms with Crippen LogP contribution in [0.4, 0.5) is 15.9 Å². The van der Waals surface area contributed by atoms with Gasteiger partial charge in [-0.05, 0) is 25.1 Å². The van der Waals surface area contributed by atoms with E-state index in [0.717, 1.165) is 57.0 Å². The third-order valence-electron chi connectivity index (χ3n) is 4.73. The van der Waals surface area contributed by atoms with Crippen LogP contribution in [-0.2, 0) is 0 Å². The first-order valence-corrected chi connectivity index (χ1v) is 8.91. The van der Waals surface area contributed by atoms with Crippen molar-refractivity contribution in [3.63, 3.8) is 0 Å². The third kappa shape index (κ3) is 3.60. The highest BCUT2D eigenvalue weighted by molar-refractivity contribution is 5.81. The lowest BCUT2D eigenvalue weighted by Crippen LogP contribution is -2.47. The van der Waals surface area contributed by atoms with Crippen LogP contribution in [0.2, 0.25) is 0 Å². The number of H-pyrrole nitrogens is 1. The molecule has 0 radical (unpaired) electrons. The van der Waals surface area contributed by atoms with E-state index in [4.69, 9.17) is 0 Å². The lowest BCUT2D eigenvalue weighted by Gasteiger charge is -2.36. The van der Waals surface area contributed by atoms with Gasteiger partial charge in [-0.2, -0.15) is 0 Å². The molecular weight excluding hydrogens is 333 g/mol. The van der Waals surface area contributed by atoms with E-state index >= 15 is 0 Å². The lowest BCUT2D eigenvalue weighted by atomic mass is 10.2. The molecule has 3 aromatic rings. The van der Waals surface area contributed by atoms with Gasteiger partial charge in [0.15, 0.2) is 11.5 Å². The second kappa shape index (κ2) is 7.65. The number of imidazole rings is 1. The molecule has 1 aliphatic rings. The Morgan fingerprint density at radius 3 is 2.77 bits per heavy atom. The molecule has 1 fully saturated rings. The molecule has 3 heterocycles. The zero-order chi connectivity index (χ0) is 17.8. The number of piperazine rings is 1. The Morgan fingerprint density at radius 1 is 1.08 bits per heavy atom. The van der Waals surface area contributed by atoms with Gasteiger partial charge in [0.2, 0.25) is 0 Å². The van der Waals surface area contributed by atoms with Crippen molar-refractivity contribution in [1.82, 2.24) is 24.8 Å². The SMILES string of the molecule is Fc1ccccc1N1CCN(CCCNc2ncnc3nc[nH]c23)CC1. The summed E-state index contributed by atoms with van der Waals surface area (Å²) in [4.78, 5) is 20.1. The number of anilines is 2. The van der Waals surface area contributed by atoms with Crippen LogP contribution in [-0.4, -0.2) is 64.1 Å². The average Bonchev–Trinajstić information content (AvgIpc) is 3.16. The van der Waals surface area contributed by atoms with Gasteiger partial charge in [-0.15, -0.1) is 0 Å². The van der Waals surface area contributed by atoms with Crippen LogP contribution in [0, 0.1) is 5.82 Å². The molecule has 0 saturated carbocycles. The Bertz CT molecular complexity index is 857. The van der Waals surface area contributed by atoms with Crippen LogP contribution in [0.1, 0.15) is 6.42 Å². The Hall–Kier alpha value is -2.74. The van der Waals surface area contributed by atoms with E-state index in [1.54, 1.807) is 12.4 Å². The van der Waals surface area contributed by atoms with E-state index in [9.17, 15) is 4.39 Å². The van der Waals surface area contributed by atoms with Crippen molar-refractivity contribution in [3.8, 4) is 0 Å². The minimum absolute atomic E-state index is 0.139. The molecule has 0 unspecified atom stereocenters. The predicted octanol–water partition coefficient (Wildman–Crippen LogP) is 2.12. The summed E-state index contributed by atoms with van der Waals surface area (Å²) in [6, 6.07) is 7.00. The smallest absolute Gasteiger partial charge is 0.182 e. The van der Waals surface area contributed by atoms with Crippen molar-refractivity contribution < 1.29 is 4.39 Å². The highest BCUT2D eigenvalue weighted by Crippen LogP contribution is 2.20. The molecule has 0 bridgehead atoms. The molecule has 0 atom stereocenters. The number of rotatable bonds is 6. The monoisotopic (exact) mass is 355 g/mol. The maximum absolute atomic E-state index is 13.9. The van der Waals surface area contributed by atoms with Crippen molar-refractivity contribution in [3.05, 3.63) is 42.7 Å². The highest BCUT2D eigenvalue weighted by Gasteiger charge is 2.18. The van der Waals surface area contributed by atoms with Crippen LogP contribution < -0.4 is 10.2 Å². The number of nitrogens with one attached hydrogen (secondary N) is 2. The van der Waals surface area contributed by atoms with E-state index in [1.165, 1.54) is 12.4 Å². The Balaban J connectivity index is 1.22. The number of benzene rings is 1. The molecule has 1 aliphatic heterocycles. The third-order valence-corrected chi connectivity index (χ3v) is 4.73. The molecule has 0 amide bonds. The number of para-hydroxylation sites is 1.